The molecule has 2 heterocycles. The number of thiazole rings is 1. The van der Waals surface area contributed by atoms with Crippen LogP contribution in [0.4, 0.5) is 0 Å². The highest BCUT2D eigenvalue weighted by molar-refractivity contribution is 14.1. The fourth-order valence-corrected chi connectivity index (χ4v) is 5.65. The van der Waals surface area contributed by atoms with E-state index in [0.717, 1.165) is 9.13 Å². The first-order valence-corrected chi connectivity index (χ1v) is 13.7. The van der Waals surface area contributed by atoms with E-state index in [0.29, 0.717) is 45.4 Å². The number of carbonyl (C=O) groups excluding carboxylic acids is 1. The van der Waals surface area contributed by atoms with Gasteiger partial charge in [-0.05, 0) is 77.9 Å². The second kappa shape index (κ2) is 12.3. The largest absolute Gasteiger partial charge is 0.490 e. The van der Waals surface area contributed by atoms with Gasteiger partial charge in [0, 0.05) is 6.20 Å². The summed E-state index contributed by atoms with van der Waals surface area (Å²) in [4.78, 5) is 31.4. The van der Waals surface area contributed by atoms with E-state index in [1.165, 1.54) is 29.2 Å². The van der Waals surface area contributed by atoms with Crippen molar-refractivity contribution >= 4 is 46.0 Å². The second-order valence-corrected chi connectivity index (χ2v) is 10.1. The Balaban J connectivity index is 1.84. The third kappa shape index (κ3) is 5.63. The van der Waals surface area contributed by atoms with Gasteiger partial charge in [0.05, 0.1) is 40.0 Å². The van der Waals surface area contributed by atoms with E-state index in [2.05, 4.69) is 33.5 Å². The van der Waals surface area contributed by atoms with Crippen molar-refractivity contribution in [1.29, 1.82) is 0 Å². The minimum Gasteiger partial charge on any atom is -0.490 e. The summed E-state index contributed by atoms with van der Waals surface area (Å²) in [6, 6.07) is 10.2. The van der Waals surface area contributed by atoms with E-state index in [9.17, 15) is 9.59 Å². The number of halogens is 1. The zero-order valence-electron chi connectivity index (χ0n) is 21.0. The van der Waals surface area contributed by atoms with Crippen LogP contribution in [0.25, 0.3) is 6.08 Å². The Kier molecular flexibility index (Phi) is 8.91. The number of rotatable bonds is 9. The Morgan fingerprint density at radius 3 is 2.55 bits per heavy atom. The van der Waals surface area contributed by atoms with Crippen molar-refractivity contribution in [2.75, 3.05) is 26.9 Å². The molecular formula is C28H25IN2O6S. The number of aromatic nitrogens is 1. The van der Waals surface area contributed by atoms with Crippen molar-refractivity contribution in [3.63, 3.8) is 0 Å². The average molecular weight is 644 g/mol. The maximum Gasteiger partial charge on any atom is 0.337 e. The summed E-state index contributed by atoms with van der Waals surface area (Å²) in [5, 5.41) is 0. The van der Waals surface area contributed by atoms with E-state index >= 15 is 0 Å². The topological polar surface area (TPSA) is 88.3 Å². The van der Waals surface area contributed by atoms with Crippen LogP contribution in [0, 0.1) is 15.9 Å². The van der Waals surface area contributed by atoms with Crippen molar-refractivity contribution in [3.8, 4) is 29.6 Å². The molecular weight excluding hydrogens is 619 g/mol. The third-order valence-corrected chi connectivity index (χ3v) is 7.41. The molecule has 0 unspecified atom stereocenters. The number of hydrogen-bond acceptors (Lipinski definition) is 8. The number of fused-ring (bicyclic) bond motifs is 1. The van der Waals surface area contributed by atoms with Crippen LogP contribution >= 0.6 is 33.9 Å². The maximum atomic E-state index is 13.7. The van der Waals surface area contributed by atoms with Crippen molar-refractivity contribution in [2.24, 2.45) is 4.99 Å². The molecule has 0 saturated carbocycles. The summed E-state index contributed by atoms with van der Waals surface area (Å²) in [5.41, 5.74) is 1.45. The molecule has 0 fully saturated rings. The molecule has 38 heavy (non-hydrogen) atoms. The van der Waals surface area contributed by atoms with Gasteiger partial charge in [0.1, 0.15) is 12.4 Å². The Hall–Kier alpha value is -3.56. The second-order valence-electron chi connectivity index (χ2n) is 7.93. The highest BCUT2D eigenvalue weighted by atomic mass is 127. The van der Waals surface area contributed by atoms with E-state index in [4.69, 9.17) is 25.4 Å². The molecule has 10 heteroatoms. The molecule has 1 aliphatic heterocycles. The van der Waals surface area contributed by atoms with Gasteiger partial charge in [0.2, 0.25) is 0 Å². The quantitative estimate of drug-likeness (QED) is 0.202. The molecule has 0 saturated heterocycles. The summed E-state index contributed by atoms with van der Waals surface area (Å²) in [5.74, 6) is 3.65. The molecule has 2 aromatic carbocycles. The van der Waals surface area contributed by atoms with Gasteiger partial charge >= 0.3 is 5.97 Å². The molecule has 1 atom stereocenters. The molecule has 0 radical (unpaired) electrons. The van der Waals surface area contributed by atoms with E-state index in [-0.39, 0.29) is 17.7 Å². The monoisotopic (exact) mass is 644 g/mol. The van der Waals surface area contributed by atoms with Crippen LogP contribution in [-0.4, -0.2) is 37.5 Å². The highest BCUT2D eigenvalue weighted by Gasteiger charge is 2.31. The SMILES string of the molecule is C#CCOc1ccc(/C=c2\sc3n(c2=O)[C@@H](c2ccc(OCC)c(OCC)c2)C(C(=O)OC)=CN=3)cc1I. The number of methoxy groups -OCH3 is 1. The van der Waals surface area contributed by atoms with E-state index < -0.39 is 12.0 Å². The first kappa shape index (κ1) is 27.5. The smallest absolute Gasteiger partial charge is 0.337 e. The van der Waals surface area contributed by atoms with Crippen LogP contribution < -0.4 is 29.1 Å². The minimum atomic E-state index is -0.754. The Bertz CT molecular complexity index is 1620. The van der Waals surface area contributed by atoms with Crippen LogP contribution in [-0.2, 0) is 9.53 Å². The van der Waals surface area contributed by atoms with Crippen LogP contribution in [0.15, 0.2) is 58.0 Å². The Morgan fingerprint density at radius 1 is 1.13 bits per heavy atom. The molecule has 3 aromatic rings. The number of nitrogens with zero attached hydrogens (tertiary/aromatic N) is 2. The van der Waals surface area contributed by atoms with Gasteiger partial charge in [-0.3, -0.25) is 9.36 Å². The minimum absolute atomic E-state index is 0.174. The summed E-state index contributed by atoms with van der Waals surface area (Å²) in [6.45, 7) is 4.83. The number of carbonyl (C=O) groups is 1. The first-order valence-electron chi connectivity index (χ1n) is 11.8. The normalized spacial score (nSPS) is 14.6. The van der Waals surface area contributed by atoms with E-state index in [1.807, 2.05) is 38.1 Å². The van der Waals surface area contributed by atoms with Gasteiger partial charge in [-0.15, -0.1) is 6.42 Å². The predicted octanol–water partition coefficient (Wildman–Crippen LogP) is 3.43. The molecule has 196 valence electrons. The molecule has 0 amide bonds. The fourth-order valence-electron chi connectivity index (χ4n) is 3.98. The molecule has 1 aliphatic rings. The predicted molar refractivity (Wildman–Crippen MR) is 153 cm³/mol. The molecule has 1 aromatic heterocycles. The summed E-state index contributed by atoms with van der Waals surface area (Å²) in [6.07, 6.45) is 8.54. The lowest BCUT2D eigenvalue weighted by molar-refractivity contribution is -0.136. The van der Waals surface area contributed by atoms with Crippen molar-refractivity contribution in [1.82, 2.24) is 4.57 Å². The molecule has 0 bridgehead atoms. The van der Waals surface area contributed by atoms with Gasteiger partial charge in [-0.25, -0.2) is 9.79 Å². The molecule has 0 aliphatic carbocycles. The lowest BCUT2D eigenvalue weighted by Gasteiger charge is -2.23. The lowest BCUT2D eigenvalue weighted by Crippen LogP contribution is -2.39. The zero-order chi connectivity index (χ0) is 27.2. The number of terminal acetylenes is 1. The molecule has 8 nitrogen and oxygen atoms in total. The van der Waals surface area contributed by atoms with E-state index in [1.54, 1.807) is 18.2 Å². The Labute approximate surface area is 237 Å². The fraction of sp³-hybridized carbons (Fsp3) is 0.250. The standard InChI is InChI=1S/C28H25IN2O6S/c1-5-12-37-21-10-8-17(13-20(21)29)14-24-26(32)31-25(19(27(33)34-4)16-30-28(31)38-24)18-9-11-22(35-6-2)23(15-18)36-7-3/h1,8-11,13-16,25H,6-7,12H2,2-4H3/b24-14-/t25-/m0/s1. The van der Waals surface area contributed by atoms with Crippen LogP contribution in [0.3, 0.4) is 0 Å². The van der Waals surface area contributed by atoms with Crippen LogP contribution in [0.5, 0.6) is 17.2 Å². The number of hydrogen-bond donors (Lipinski definition) is 0. The molecule has 0 N–H and O–H groups in total. The summed E-state index contributed by atoms with van der Waals surface area (Å²) >= 11 is 3.40. The molecule has 0 spiro atoms. The highest BCUT2D eigenvalue weighted by Crippen LogP contribution is 2.35. The summed E-state index contributed by atoms with van der Waals surface area (Å²) < 4.78 is 24.9. The van der Waals surface area contributed by atoms with Gasteiger partial charge in [0.25, 0.3) is 5.56 Å². The van der Waals surface area contributed by atoms with Crippen molar-refractivity contribution in [3.05, 3.63) is 82.6 Å². The number of benzene rings is 2. The van der Waals surface area contributed by atoms with Gasteiger partial charge in [-0.1, -0.05) is 29.4 Å². The van der Waals surface area contributed by atoms with Gasteiger partial charge in [-0.2, -0.15) is 0 Å². The Morgan fingerprint density at radius 2 is 1.87 bits per heavy atom. The first-order chi connectivity index (χ1) is 18.4. The lowest BCUT2D eigenvalue weighted by atomic mass is 9.97. The van der Waals surface area contributed by atoms with Crippen molar-refractivity contribution in [2.45, 2.75) is 19.9 Å². The van der Waals surface area contributed by atoms with Gasteiger partial charge in [0.15, 0.2) is 16.3 Å². The van der Waals surface area contributed by atoms with Crippen LogP contribution in [0.2, 0.25) is 0 Å². The molecule has 4 rings (SSSR count). The summed E-state index contributed by atoms with van der Waals surface area (Å²) in [7, 11) is 1.30. The van der Waals surface area contributed by atoms with Crippen LogP contribution in [0.1, 0.15) is 31.0 Å². The number of esters is 1. The van der Waals surface area contributed by atoms with Crippen molar-refractivity contribution < 1.29 is 23.7 Å². The zero-order valence-corrected chi connectivity index (χ0v) is 24.0. The van der Waals surface area contributed by atoms with Gasteiger partial charge < -0.3 is 18.9 Å². The third-order valence-electron chi connectivity index (χ3n) is 5.57. The average Bonchev–Trinajstić information content (AvgIpc) is 3.23. The number of ether oxygens (including phenoxy) is 4. The maximum absolute atomic E-state index is 13.7.